The van der Waals surface area contributed by atoms with E-state index in [4.69, 9.17) is 0 Å². The molecule has 6 rings (SSSR count). The molecular formula is C34H28N2O4S6. The number of ketones is 2. The van der Waals surface area contributed by atoms with Crippen molar-refractivity contribution in [3.05, 3.63) is 82.6 Å². The molecule has 6 aromatic rings. The van der Waals surface area contributed by atoms with E-state index < -0.39 is 23.4 Å². The van der Waals surface area contributed by atoms with E-state index in [0.717, 1.165) is 40.4 Å². The van der Waals surface area contributed by atoms with E-state index in [1.54, 1.807) is 82.1 Å². The van der Waals surface area contributed by atoms with Crippen LogP contribution < -0.4 is 0 Å². The van der Waals surface area contributed by atoms with Gasteiger partial charge in [-0.15, -0.1) is 68.0 Å². The molecule has 0 saturated heterocycles. The Hall–Kier alpha value is -3.52. The summed E-state index contributed by atoms with van der Waals surface area (Å²) in [7, 11) is 3.28. The molecule has 0 radical (unpaired) electrons. The summed E-state index contributed by atoms with van der Waals surface area (Å²) in [5.74, 6) is -2.12. The number of thiophene rings is 6. The average molecular weight is 721 g/mol. The number of rotatable bonds is 11. The third-order valence-electron chi connectivity index (χ3n) is 7.16. The Kier molecular flexibility index (Phi) is 9.64. The molecule has 6 nitrogen and oxygen atoms in total. The highest BCUT2D eigenvalue weighted by atomic mass is 32.1. The molecule has 0 saturated carbocycles. The fourth-order valence-corrected chi connectivity index (χ4v) is 11.3. The Morgan fingerprint density at radius 2 is 0.891 bits per heavy atom. The molecular weight excluding hydrogens is 693 g/mol. The molecule has 0 bridgehead atoms. The molecule has 46 heavy (non-hydrogen) atoms. The topological polar surface area (TPSA) is 74.8 Å². The number of Topliss-reactive ketones (excluding diaryl/α,β-unsaturated/α-hetero) is 2. The van der Waals surface area contributed by atoms with Crippen LogP contribution in [0.25, 0.3) is 48.8 Å². The van der Waals surface area contributed by atoms with Gasteiger partial charge in [-0.2, -0.15) is 0 Å². The minimum atomic E-state index is -0.548. The zero-order valence-electron chi connectivity index (χ0n) is 25.3. The molecule has 2 amide bonds. The lowest BCUT2D eigenvalue weighted by Gasteiger charge is -2.17. The predicted molar refractivity (Wildman–Crippen MR) is 195 cm³/mol. The Labute approximate surface area is 290 Å². The number of likely N-dealkylation sites (N-methyl/N-ethyl adjacent to an activating group) is 2. The Morgan fingerprint density at radius 1 is 0.522 bits per heavy atom. The molecule has 0 aliphatic rings. The summed E-state index contributed by atoms with van der Waals surface area (Å²) in [4.78, 5) is 63.3. The zero-order valence-corrected chi connectivity index (χ0v) is 30.2. The van der Waals surface area contributed by atoms with Crippen LogP contribution in [0.5, 0.6) is 0 Å². The van der Waals surface area contributed by atoms with Crippen LogP contribution in [0.15, 0.2) is 71.4 Å². The molecule has 0 fully saturated rings. The minimum Gasteiger partial charge on any atom is -0.335 e. The van der Waals surface area contributed by atoms with Gasteiger partial charge in [0.25, 0.3) is 11.8 Å². The summed E-state index contributed by atoms with van der Waals surface area (Å²) < 4.78 is 0. The van der Waals surface area contributed by atoms with Gasteiger partial charge in [-0.1, -0.05) is 12.1 Å². The smallest absolute Gasteiger partial charge is 0.289 e. The van der Waals surface area contributed by atoms with Crippen molar-refractivity contribution in [3.63, 3.8) is 0 Å². The first-order valence-corrected chi connectivity index (χ1v) is 19.2. The van der Waals surface area contributed by atoms with Crippen molar-refractivity contribution in [1.82, 2.24) is 9.80 Å². The number of hydrogen-bond donors (Lipinski definition) is 0. The second-order valence-corrected chi connectivity index (χ2v) is 16.8. The highest BCUT2D eigenvalue weighted by Gasteiger charge is 2.25. The Bertz CT molecular complexity index is 1890. The molecule has 0 N–H and O–H groups in total. The van der Waals surface area contributed by atoms with E-state index in [9.17, 15) is 19.2 Å². The minimum absolute atomic E-state index is 0.254. The summed E-state index contributed by atoms with van der Waals surface area (Å²) >= 11 is 10.1. The van der Waals surface area contributed by atoms with Crippen molar-refractivity contribution in [1.29, 1.82) is 0 Å². The zero-order chi connectivity index (χ0) is 32.5. The van der Waals surface area contributed by atoms with E-state index in [2.05, 4.69) is 59.3 Å². The van der Waals surface area contributed by atoms with Crippen molar-refractivity contribution < 1.29 is 19.2 Å². The fourth-order valence-electron chi connectivity index (χ4n) is 4.95. The standard InChI is InChI=1S/C34H28N2O4S6/c1-19(37)33(39)35(3)17-21-15-29(27-11-9-25(43-27)23-7-5-13-41-23)45-31(21)32-22(18-36(4)34(40)20(2)38)16-30(46-32)28-12-10-26(44-28)24-8-6-14-42-24/h5-16H,17-18H2,1-4H3. The quantitative estimate of drug-likeness (QED) is 0.125. The van der Waals surface area contributed by atoms with Crippen LogP contribution >= 0.6 is 68.0 Å². The van der Waals surface area contributed by atoms with E-state index in [0.29, 0.717) is 0 Å². The third kappa shape index (κ3) is 6.78. The van der Waals surface area contributed by atoms with Gasteiger partial charge in [0.2, 0.25) is 11.6 Å². The maximum Gasteiger partial charge on any atom is 0.289 e. The van der Waals surface area contributed by atoms with Crippen LogP contribution in [0.3, 0.4) is 0 Å². The van der Waals surface area contributed by atoms with Crippen molar-refractivity contribution in [2.45, 2.75) is 26.9 Å². The fraction of sp³-hybridized carbons (Fsp3) is 0.176. The molecule has 6 heterocycles. The van der Waals surface area contributed by atoms with Crippen molar-refractivity contribution >= 4 is 91.4 Å². The molecule has 6 aromatic heterocycles. The maximum atomic E-state index is 12.7. The monoisotopic (exact) mass is 720 g/mol. The summed E-state index contributed by atoms with van der Waals surface area (Å²) in [6.45, 7) is 3.08. The van der Waals surface area contributed by atoms with Crippen molar-refractivity contribution in [3.8, 4) is 48.8 Å². The predicted octanol–water partition coefficient (Wildman–Crippen LogP) is 9.49. The third-order valence-corrected chi connectivity index (χ3v) is 14.4. The largest absolute Gasteiger partial charge is 0.335 e. The summed E-state index contributed by atoms with van der Waals surface area (Å²) in [6, 6.07) is 21.1. The van der Waals surface area contributed by atoms with Gasteiger partial charge in [0.05, 0.1) is 9.75 Å². The van der Waals surface area contributed by atoms with Gasteiger partial charge in [-0.3, -0.25) is 19.2 Å². The number of carbonyl (C=O) groups excluding carboxylic acids is 4. The first kappa shape index (κ1) is 32.4. The highest BCUT2D eigenvalue weighted by Crippen LogP contribution is 2.49. The second-order valence-electron chi connectivity index (χ2n) is 10.6. The van der Waals surface area contributed by atoms with Crippen LogP contribution in [0, 0.1) is 0 Å². The van der Waals surface area contributed by atoms with Crippen molar-refractivity contribution in [2.75, 3.05) is 14.1 Å². The van der Waals surface area contributed by atoms with Crippen molar-refractivity contribution in [2.24, 2.45) is 0 Å². The summed E-state index contributed by atoms with van der Waals surface area (Å²) in [5.41, 5.74) is 1.84. The van der Waals surface area contributed by atoms with Gasteiger partial charge >= 0.3 is 0 Å². The highest BCUT2D eigenvalue weighted by molar-refractivity contribution is 7.30. The van der Waals surface area contributed by atoms with Crippen LogP contribution in [0.2, 0.25) is 0 Å². The van der Waals surface area contributed by atoms with Gasteiger partial charge in [-0.25, -0.2) is 0 Å². The molecule has 12 heteroatoms. The molecule has 0 atom stereocenters. The Morgan fingerprint density at radius 3 is 1.22 bits per heavy atom. The van der Waals surface area contributed by atoms with E-state index in [1.165, 1.54) is 43.2 Å². The van der Waals surface area contributed by atoms with Crippen LogP contribution in [0.4, 0.5) is 0 Å². The molecule has 0 aliphatic heterocycles. The van der Waals surface area contributed by atoms with Crippen LogP contribution in [-0.4, -0.2) is 47.3 Å². The first-order valence-electron chi connectivity index (χ1n) is 14.1. The van der Waals surface area contributed by atoms with Crippen LogP contribution in [-0.2, 0) is 32.3 Å². The molecule has 0 aromatic carbocycles. The van der Waals surface area contributed by atoms with E-state index in [1.807, 2.05) is 12.1 Å². The number of amides is 2. The number of hydrogen-bond acceptors (Lipinski definition) is 10. The number of nitrogens with zero attached hydrogens (tertiary/aromatic N) is 2. The van der Waals surface area contributed by atoms with Gasteiger partial charge in [0, 0.05) is 80.0 Å². The molecule has 0 spiro atoms. The van der Waals surface area contributed by atoms with Gasteiger partial charge < -0.3 is 9.80 Å². The number of carbonyl (C=O) groups is 4. The summed E-state index contributed by atoms with van der Waals surface area (Å²) in [6.07, 6.45) is 0. The van der Waals surface area contributed by atoms with E-state index in [-0.39, 0.29) is 13.1 Å². The van der Waals surface area contributed by atoms with Crippen LogP contribution in [0.1, 0.15) is 25.0 Å². The molecule has 0 unspecified atom stereocenters. The summed E-state index contributed by atoms with van der Waals surface area (Å²) in [5, 5.41) is 4.14. The van der Waals surface area contributed by atoms with Gasteiger partial charge in [-0.05, 0) is 70.4 Å². The maximum absolute atomic E-state index is 12.7. The van der Waals surface area contributed by atoms with Gasteiger partial charge in [0.15, 0.2) is 0 Å². The van der Waals surface area contributed by atoms with Gasteiger partial charge in [0.1, 0.15) is 0 Å². The lowest BCUT2D eigenvalue weighted by Crippen LogP contribution is -2.31. The molecule has 0 aliphatic carbocycles. The Balaban J connectivity index is 1.46. The lowest BCUT2D eigenvalue weighted by molar-refractivity contribution is -0.143. The molecule has 234 valence electrons. The second kappa shape index (κ2) is 13.7. The lowest BCUT2D eigenvalue weighted by atomic mass is 10.1. The first-order chi connectivity index (χ1) is 22.1. The van der Waals surface area contributed by atoms with E-state index >= 15 is 0 Å². The SMILES string of the molecule is CC(=O)C(=O)N(C)Cc1cc(-c2ccc(-c3cccs3)s2)sc1-c1sc(-c2ccc(-c3cccs3)s2)cc1CN(C)C(=O)C(C)=O. The average Bonchev–Trinajstić information content (AvgIpc) is 3.87. The normalized spacial score (nSPS) is 11.1.